The summed E-state index contributed by atoms with van der Waals surface area (Å²) in [5, 5.41) is 0. The maximum atomic E-state index is 12.7. The fourth-order valence-electron chi connectivity index (χ4n) is 3.41. The Balaban J connectivity index is 2.14. The van der Waals surface area contributed by atoms with Crippen molar-refractivity contribution in [1.29, 1.82) is 0 Å². The monoisotopic (exact) mass is 272 g/mol. The van der Waals surface area contributed by atoms with Crippen LogP contribution in [0.5, 0.6) is 0 Å². The van der Waals surface area contributed by atoms with E-state index in [9.17, 15) is 4.79 Å². The van der Waals surface area contributed by atoms with E-state index < -0.39 is 0 Å². The second-order valence-electron chi connectivity index (χ2n) is 6.10. The quantitative estimate of drug-likeness (QED) is 0.675. The van der Waals surface area contributed by atoms with Crippen LogP contribution in [0.15, 0.2) is 18.2 Å². The molecule has 0 aromatic heterocycles. The van der Waals surface area contributed by atoms with Crippen molar-refractivity contribution in [2.24, 2.45) is 5.92 Å². The average Bonchev–Trinajstić information content (AvgIpc) is 2.45. The van der Waals surface area contributed by atoms with Crippen molar-refractivity contribution in [1.82, 2.24) is 0 Å². The average molecular weight is 272 g/mol. The molecule has 1 aliphatic rings. The van der Waals surface area contributed by atoms with Gasteiger partial charge in [-0.1, -0.05) is 58.1 Å². The van der Waals surface area contributed by atoms with Crippen LogP contribution in [0.2, 0.25) is 0 Å². The number of carbonyl (C=O) groups is 1. The Hall–Kier alpha value is -1.11. The van der Waals surface area contributed by atoms with E-state index in [1.165, 1.54) is 43.2 Å². The van der Waals surface area contributed by atoms with Gasteiger partial charge in [-0.2, -0.15) is 0 Å². The lowest BCUT2D eigenvalue weighted by molar-refractivity contribution is 0.0898. The molecule has 20 heavy (non-hydrogen) atoms. The van der Waals surface area contributed by atoms with E-state index in [-0.39, 0.29) is 5.92 Å². The van der Waals surface area contributed by atoms with Gasteiger partial charge in [0.25, 0.3) is 0 Å². The lowest BCUT2D eigenvalue weighted by atomic mass is 9.85. The highest BCUT2D eigenvalue weighted by molar-refractivity contribution is 5.98. The Labute approximate surface area is 123 Å². The van der Waals surface area contributed by atoms with Crippen molar-refractivity contribution < 1.29 is 4.79 Å². The van der Waals surface area contributed by atoms with Gasteiger partial charge >= 0.3 is 0 Å². The van der Waals surface area contributed by atoms with Gasteiger partial charge in [-0.25, -0.2) is 0 Å². The van der Waals surface area contributed by atoms with Crippen molar-refractivity contribution in [3.05, 3.63) is 34.9 Å². The SMILES string of the molecule is CCc1ccc(C(=O)C2CCCCCCC2)cc1CC. The van der Waals surface area contributed by atoms with Crippen LogP contribution in [0.1, 0.15) is 80.3 Å². The summed E-state index contributed by atoms with van der Waals surface area (Å²) in [5.74, 6) is 0.664. The summed E-state index contributed by atoms with van der Waals surface area (Å²) < 4.78 is 0. The van der Waals surface area contributed by atoms with Crippen LogP contribution in [-0.4, -0.2) is 5.78 Å². The largest absolute Gasteiger partial charge is 0.294 e. The molecule has 1 aromatic rings. The van der Waals surface area contributed by atoms with Crippen LogP contribution in [0.3, 0.4) is 0 Å². The number of benzene rings is 1. The van der Waals surface area contributed by atoms with Gasteiger partial charge < -0.3 is 0 Å². The van der Waals surface area contributed by atoms with Crippen molar-refractivity contribution in [3.63, 3.8) is 0 Å². The molecular formula is C19H28O. The normalized spacial score (nSPS) is 17.5. The predicted octanol–water partition coefficient (Wildman–Crippen LogP) is 5.35. The van der Waals surface area contributed by atoms with Crippen LogP contribution in [0.4, 0.5) is 0 Å². The summed E-state index contributed by atoms with van der Waals surface area (Å²) in [7, 11) is 0. The van der Waals surface area contributed by atoms with E-state index in [1.54, 1.807) is 0 Å². The molecule has 0 atom stereocenters. The summed E-state index contributed by atoms with van der Waals surface area (Å²) in [6.45, 7) is 4.36. The third-order valence-corrected chi connectivity index (χ3v) is 4.73. The molecule has 1 aromatic carbocycles. The van der Waals surface area contributed by atoms with Gasteiger partial charge in [-0.05, 0) is 42.9 Å². The molecular weight excluding hydrogens is 244 g/mol. The second-order valence-corrected chi connectivity index (χ2v) is 6.10. The Morgan fingerprint density at radius 3 is 2.15 bits per heavy atom. The van der Waals surface area contributed by atoms with Crippen molar-refractivity contribution in [3.8, 4) is 0 Å². The molecule has 0 saturated heterocycles. The molecule has 0 amide bonds. The third kappa shape index (κ3) is 3.71. The zero-order valence-electron chi connectivity index (χ0n) is 13.1. The van der Waals surface area contributed by atoms with Gasteiger partial charge in [-0.15, -0.1) is 0 Å². The Kier molecular flexibility index (Phi) is 5.82. The number of ketones is 1. The molecule has 1 aliphatic carbocycles. The Morgan fingerprint density at radius 1 is 0.950 bits per heavy atom. The van der Waals surface area contributed by atoms with Gasteiger partial charge in [0, 0.05) is 11.5 Å². The summed E-state index contributed by atoms with van der Waals surface area (Å²) in [6, 6.07) is 6.37. The molecule has 1 fully saturated rings. The minimum Gasteiger partial charge on any atom is -0.294 e. The molecule has 0 radical (unpaired) electrons. The molecule has 0 spiro atoms. The van der Waals surface area contributed by atoms with E-state index >= 15 is 0 Å². The summed E-state index contributed by atoms with van der Waals surface area (Å²) in [6.07, 6.45) is 10.7. The molecule has 1 heteroatoms. The maximum Gasteiger partial charge on any atom is 0.165 e. The zero-order valence-corrected chi connectivity index (χ0v) is 13.1. The molecule has 2 rings (SSSR count). The second kappa shape index (κ2) is 7.61. The van der Waals surface area contributed by atoms with Crippen LogP contribution in [-0.2, 0) is 12.8 Å². The fourth-order valence-corrected chi connectivity index (χ4v) is 3.41. The lowest BCUT2D eigenvalue weighted by Gasteiger charge is -2.19. The third-order valence-electron chi connectivity index (χ3n) is 4.73. The van der Waals surface area contributed by atoms with Crippen LogP contribution < -0.4 is 0 Å². The van der Waals surface area contributed by atoms with E-state index in [1.807, 2.05) is 0 Å². The first-order chi connectivity index (χ1) is 9.76. The van der Waals surface area contributed by atoms with Crippen molar-refractivity contribution in [2.75, 3.05) is 0 Å². The first-order valence-corrected chi connectivity index (χ1v) is 8.42. The molecule has 0 unspecified atom stereocenters. The van der Waals surface area contributed by atoms with E-state index in [4.69, 9.17) is 0 Å². The number of aryl methyl sites for hydroxylation is 2. The summed E-state index contributed by atoms with van der Waals surface area (Å²) >= 11 is 0. The van der Waals surface area contributed by atoms with E-state index in [2.05, 4.69) is 32.0 Å². The van der Waals surface area contributed by atoms with E-state index in [0.29, 0.717) is 5.78 Å². The number of hydrogen-bond acceptors (Lipinski definition) is 1. The number of hydrogen-bond donors (Lipinski definition) is 0. The first kappa shape index (κ1) is 15.3. The number of rotatable bonds is 4. The molecule has 0 heterocycles. The number of carbonyl (C=O) groups excluding carboxylic acids is 1. The topological polar surface area (TPSA) is 17.1 Å². The molecule has 110 valence electrons. The van der Waals surface area contributed by atoms with Gasteiger partial charge in [0.15, 0.2) is 5.78 Å². The van der Waals surface area contributed by atoms with Crippen molar-refractivity contribution >= 4 is 5.78 Å². The molecule has 0 aliphatic heterocycles. The van der Waals surface area contributed by atoms with Crippen LogP contribution in [0, 0.1) is 5.92 Å². The molecule has 1 nitrogen and oxygen atoms in total. The fraction of sp³-hybridized carbons (Fsp3) is 0.632. The number of Topliss-reactive ketones (excluding diaryl/α,β-unsaturated/α-hetero) is 1. The molecule has 0 N–H and O–H groups in total. The maximum absolute atomic E-state index is 12.7. The highest BCUT2D eigenvalue weighted by atomic mass is 16.1. The van der Waals surface area contributed by atoms with Crippen LogP contribution in [0.25, 0.3) is 0 Å². The summed E-state index contributed by atoms with van der Waals surface area (Å²) in [4.78, 5) is 12.7. The van der Waals surface area contributed by atoms with Gasteiger partial charge in [0.1, 0.15) is 0 Å². The van der Waals surface area contributed by atoms with Gasteiger partial charge in [-0.3, -0.25) is 4.79 Å². The lowest BCUT2D eigenvalue weighted by Crippen LogP contribution is -2.16. The summed E-state index contributed by atoms with van der Waals surface area (Å²) in [5.41, 5.74) is 3.69. The van der Waals surface area contributed by atoms with Crippen LogP contribution >= 0.6 is 0 Å². The standard InChI is InChI=1S/C19H28O/c1-3-15-12-13-18(14-16(15)4-2)19(20)17-10-8-6-5-7-9-11-17/h12-14,17H,3-11H2,1-2H3. The highest BCUT2D eigenvalue weighted by Gasteiger charge is 2.21. The predicted molar refractivity (Wildman–Crippen MR) is 85.3 cm³/mol. The highest BCUT2D eigenvalue weighted by Crippen LogP contribution is 2.26. The minimum atomic E-state index is 0.271. The van der Waals surface area contributed by atoms with E-state index in [0.717, 1.165) is 31.2 Å². The smallest absolute Gasteiger partial charge is 0.165 e. The van der Waals surface area contributed by atoms with Crippen molar-refractivity contribution in [2.45, 2.75) is 71.6 Å². The first-order valence-electron chi connectivity index (χ1n) is 8.42. The van der Waals surface area contributed by atoms with Gasteiger partial charge in [0.05, 0.1) is 0 Å². The Morgan fingerprint density at radius 2 is 1.55 bits per heavy atom. The zero-order chi connectivity index (χ0) is 14.4. The Bertz CT molecular complexity index is 439. The minimum absolute atomic E-state index is 0.271. The van der Waals surface area contributed by atoms with Gasteiger partial charge in [0.2, 0.25) is 0 Å². The molecule has 0 bridgehead atoms. The molecule has 1 saturated carbocycles.